The highest BCUT2D eigenvalue weighted by Gasteiger charge is 2.23. The van der Waals surface area contributed by atoms with Crippen molar-refractivity contribution >= 4 is 29.1 Å². The van der Waals surface area contributed by atoms with Crippen LogP contribution in [0, 0.1) is 0 Å². The fraction of sp³-hybridized carbons (Fsp3) is 0.364. The van der Waals surface area contributed by atoms with Crippen molar-refractivity contribution in [3.05, 3.63) is 28.2 Å². The first-order valence-electron chi connectivity index (χ1n) is 5.28. The van der Waals surface area contributed by atoms with Gasteiger partial charge in [-0.2, -0.15) is 5.48 Å². The number of rotatable bonds is 3. The summed E-state index contributed by atoms with van der Waals surface area (Å²) < 4.78 is 10.3. The van der Waals surface area contributed by atoms with Crippen molar-refractivity contribution in [2.24, 2.45) is 0 Å². The number of carbonyl (C=O) groups excluding carboxylic acids is 1. The Hall–Kier alpha value is -1.01. The molecule has 0 saturated carbocycles. The van der Waals surface area contributed by atoms with Gasteiger partial charge in [0.05, 0.1) is 29.9 Å². The lowest BCUT2D eigenvalue weighted by molar-refractivity contribution is -0.154. The summed E-state index contributed by atoms with van der Waals surface area (Å²) in [5.41, 5.74) is 2.27. The fourth-order valence-electron chi connectivity index (χ4n) is 1.35. The molecule has 1 aliphatic rings. The van der Waals surface area contributed by atoms with Crippen molar-refractivity contribution < 1.29 is 19.1 Å². The number of ether oxygens (including phenoxy) is 2. The van der Waals surface area contributed by atoms with Crippen molar-refractivity contribution in [3.63, 3.8) is 0 Å². The molecule has 1 aliphatic heterocycles. The van der Waals surface area contributed by atoms with E-state index >= 15 is 0 Å². The summed E-state index contributed by atoms with van der Waals surface area (Å²) in [6.45, 7) is 1.11. The summed E-state index contributed by atoms with van der Waals surface area (Å²) in [4.78, 5) is 16.7. The average molecular weight is 292 g/mol. The van der Waals surface area contributed by atoms with E-state index in [4.69, 9.17) is 37.5 Å². The van der Waals surface area contributed by atoms with Gasteiger partial charge in [0.15, 0.2) is 11.9 Å². The minimum Gasteiger partial charge on any atom is -0.379 e. The molecule has 98 valence electrons. The zero-order valence-corrected chi connectivity index (χ0v) is 10.8. The molecule has 5 nitrogen and oxygen atoms in total. The van der Waals surface area contributed by atoms with Gasteiger partial charge in [0, 0.05) is 6.07 Å². The largest absolute Gasteiger partial charge is 0.379 e. The lowest BCUT2D eigenvalue weighted by Crippen LogP contribution is -2.44. The quantitative estimate of drug-likeness (QED) is 0.863. The van der Waals surface area contributed by atoms with Gasteiger partial charge in [-0.05, 0) is 12.1 Å². The van der Waals surface area contributed by atoms with Gasteiger partial charge in [0.1, 0.15) is 0 Å². The van der Waals surface area contributed by atoms with Gasteiger partial charge in [-0.1, -0.05) is 23.2 Å². The molecular weight excluding hydrogens is 281 g/mol. The summed E-state index contributed by atoms with van der Waals surface area (Å²) in [5.74, 6) is -0.0183. The molecule has 0 aliphatic carbocycles. The van der Waals surface area contributed by atoms with Crippen LogP contribution in [-0.2, 0) is 14.3 Å². The Balaban J connectivity index is 1.86. The number of benzene rings is 1. The number of hydrogen-bond donors (Lipinski definition) is 1. The number of amides is 1. The maximum Gasteiger partial charge on any atom is 0.284 e. The molecular formula is C11H11Cl2NO4. The standard InChI is InChI=1S/C11H11Cl2NO4/c12-8-2-1-7(5-9(8)13)18-14-11(15)10-6-16-3-4-17-10/h1-2,5,10H,3-4,6H2,(H,14,15)/t10-/m0/s1. The zero-order chi connectivity index (χ0) is 13.0. The van der Waals surface area contributed by atoms with Crippen LogP contribution in [-0.4, -0.2) is 31.8 Å². The smallest absolute Gasteiger partial charge is 0.284 e. The second-order valence-electron chi connectivity index (χ2n) is 3.58. The Labute approximate surface area is 114 Å². The first-order valence-corrected chi connectivity index (χ1v) is 6.03. The molecule has 1 amide bonds. The molecule has 1 N–H and O–H groups in total. The summed E-state index contributed by atoms with van der Waals surface area (Å²) in [6, 6.07) is 4.67. The van der Waals surface area contributed by atoms with E-state index in [1.165, 1.54) is 6.07 Å². The Morgan fingerprint density at radius 1 is 1.33 bits per heavy atom. The van der Waals surface area contributed by atoms with Gasteiger partial charge in [0.2, 0.25) is 0 Å². The lowest BCUT2D eigenvalue weighted by atomic mass is 10.3. The highest BCUT2D eigenvalue weighted by Crippen LogP contribution is 2.25. The number of carbonyl (C=O) groups is 1. The maximum absolute atomic E-state index is 11.6. The SMILES string of the molecule is O=C(NOc1ccc(Cl)c(Cl)c1)[C@@H]1COCCO1. The van der Waals surface area contributed by atoms with Crippen molar-refractivity contribution in [1.29, 1.82) is 0 Å². The van der Waals surface area contributed by atoms with Gasteiger partial charge in [-0.15, -0.1) is 0 Å². The van der Waals surface area contributed by atoms with Crippen LogP contribution in [0.15, 0.2) is 18.2 Å². The molecule has 1 saturated heterocycles. The summed E-state index contributed by atoms with van der Waals surface area (Å²) >= 11 is 11.6. The third-order valence-electron chi connectivity index (χ3n) is 2.27. The summed E-state index contributed by atoms with van der Waals surface area (Å²) in [7, 11) is 0. The maximum atomic E-state index is 11.6. The van der Waals surface area contributed by atoms with Crippen molar-refractivity contribution in [2.75, 3.05) is 19.8 Å². The van der Waals surface area contributed by atoms with Gasteiger partial charge in [0.25, 0.3) is 5.91 Å². The van der Waals surface area contributed by atoms with E-state index in [0.29, 0.717) is 29.0 Å². The summed E-state index contributed by atoms with van der Waals surface area (Å²) in [6.07, 6.45) is -0.651. The second kappa shape index (κ2) is 6.24. The van der Waals surface area contributed by atoms with Gasteiger partial charge >= 0.3 is 0 Å². The topological polar surface area (TPSA) is 56.8 Å². The minimum absolute atomic E-state index is 0.219. The molecule has 1 aromatic carbocycles. The van der Waals surface area contributed by atoms with Crippen LogP contribution in [0.25, 0.3) is 0 Å². The minimum atomic E-state index is -0.651. The molecule has 0 spiro atoms. The average Bonchev–Trinajstić information content (AvgIpc) is 2.41. The van der Waals surface area contributed by atoms with Gasteiger partial charge in [-0.25, -0.2) is 0 Å². The van der Waals surface area contributed by atoms with Gasteiger partial charge < -0.3 is 14.3 Å². The third-order valence-corrected chi connectivity index (χ3v) is 3.01. The van der Waals surface area contributed by atoms with Gasteiger partial charge in [-0.3, -0.25) is 4.79 Å². The lowest BCUT2D eigenvalue weighted by Gasteiger charge is -2.21. The summed E-state index contributed by atoms with van der Waals surface area (Å²) in [5, 5.41) is 0.764. The Morgan fingerprint density at radius 2 is 2.17 bits per heavy atom. The predicted octanol–water partition coefficient (Wildman–Crippen LogP) is 1.82. The Bertz CT molecular complexity index is 435. The van der Waals surface area contributed by atoms with E-state index in [-0.39, 0.29) is 6.61 Å². The molecule has 0 aromatic heterocycles. The van der Waals surface area contributed by atoms with Crippen LogP contribution in [0.3, 0.4) is 0 Å². The Morgan fingerprint density at radius 3 is 2.83 bits per heavy atom. The van der Waals surface area contributed by atoms with E-state index in [1.54, 1.807) is 12.1 Å². The highest BCUT2D eigenvalue weighted by atomic mass is 35.5. The number of halogens is 2. The molecule has 18 heavy (non-hydrogen) atoms. The second-order valence-corrected chi connectivity index (χ2v) is 4.39. The number of nitrogens with one attached hydrogen (secondary N) is 1. The van der Waals surface area contributed by atoms with E-state index in [0.717, 1.165) is 0 Å². The van der Waals surface area contributed by atoms with Crippen molar-refractivity contribution in [3.8, 4) is 5.75 Å². The van der Waals surface area contributed by atoms with Crippen LogP contribution in [0.5, 0.6) is 5.75 Å². The van der Waals surface area contributed by atoms with Crippen LogP contribution in [0.4, 0.5) is 0 Å². The van der Waals surface area contributed by atoms with E-state index in [2.05, 4.69) is 5.48 Å². The first-order chi connectivity index (χ1) is 8.66. The molecule has 0 unspecified atom stereocenters. The molecule has 2 rings (SSSR count). The molecule has 7 heteroatoms. The fourth-order valence-corrected chi connectivity index (χ4v) is 1.64. The monoisotopic (exact) mass is 291 g/mol. The number of hydroxylamine groups is 1. The van der Waals surface area contributed by atoms with Crippen molar-refractivity contribution in [2.45, 2.75) is 6.10 Å². The molecule has 1 heterocycles. The molecule has 1 fully saturated rings. The van der Waals surface area contributed by atoms with Crippen LogP contribution < -0.4 is 10.3 Å². The number of hydrogen-bond acceptors (Lipinski definition) is 4. The highest BCUT2D eigenvalue weighted by molar-refractivity contribution is 6.42. The van der Waals surface area contributed by atoms with Crippen LogP contribution in [0.1, 0.15) is 0 Å². The predicted molar refractivity (Wildman–Crippen MR) is 65.8 cm³/mol. The van der Waals surface area contributed by atoms with Crippen LogP contribution in [0.2, 0.25) is 10.0 Å². The first kappa shape index (κ1) is 13.4. The van der Waals surface area contributed by atoms with E-state index in [9.17, 15) is 4.79 Å². The molecule has 1 aromatic rings. The molecule has 0 radical (unpaired) electrons. The Kier molecular flexibility index (Phi) is 4.66. The third kappa shape index (κ3) is 3.49. The normalized spacial score (nSPS) is 19.3. The van der Waals surface area contributed by atoms with Crippen LogP contribution >= 0.6 is 23.2 Å². The zero-order valence-electron chi connectivity index (χ0n) is 9.32. The molecule has 0 bridgehead atoms. The van der Waals surface area contributed by atoms with Crippen molar-refractivity contribution in [1.82, 2.24) is 5.48 Å². The van der Waals surface area contributed by atoms with E-state index in [1.807, 2.05) is 0 Å². The molecule has 1 atom stereocenters. The van der Waals surface area contributed by atoms with E-state index < -0.39 is 12.0 Å².